The van der Waals surface area contributed by atoms with Crippen molar-refractivity contribution in [3.8, 4) is 0 Å². The van der Waals surface area contributed by atoms with Gasteiger partial charge in [0.2, 0.25) is 0 Å². The van der Waals surface area contributed by atoms with Crippen LogP contribution in [0.15, 0.2) is 30.5 Å². The van der Waals surface area contributed by atoms with E-state index in [1.165, 1.54) is 68.1 Å². The van der Waals surface area contributed by atoms with Crippen molar-refractivity contribution in [2.24, 2.45) is 0 Å². The van der Waals surface area contributed by atoms with Gasteiger partial charge in [-0.1, -0.05) is 6.07 Å². The Kier molecular flexibility index (Phi) is 3.87. The number of rotatable bonds is 2. The Morgan fingerprint density at radius 1 is 0.917 bits per heavy atom. The fraction of sp³-hybridized carbons (Fsp3) is 0.619. The number of ether oxygens (including phenoxy) is 1. The summed E-state index contributed by atoms with van der Waals surface area (Å²) in [6.07, 6.45) is 10.1. The maximum atomic E-state index is 5.52. The van der Waals surface area contributed by atoms with Gasteiger partial charge < -0.3 is 14.2 Å². The van der Waals surface area contributed by atoms with E-state index < -0.39 is 0 Å². The van der Waals surface area contributed by atoms with E-state index in [0.29, 0.717) is 12.0 Å². The van der Waals surface area contributed by atoms with E-state index in [4.69, 9.17) is 4.74 Å². The highest BCUT2D eigenvalue weighted by molar-refractivity contribution is 5.81. The Morgan fingerprint density at radius 2 is 1.83 bits per heavy atom. The van der Waals surface area contributed by atoms with Gasteiger partial charge in [0.25, 0.3) is 0 Å². The van der Waals surface area contributed by atoms with Crippen LogP contribution in [-0.4, -0.2) is 41.8 Å². The van der Waals surface area contributed by atoms with Crippen molar-refractivity contribution < 1.29 is 4.74 Å². The highest BCUT2D eigenvalue weighted by Gasteiger charge is 2.32. The van der Waals surface area contributed by atoms with E-state index in [-0.39, 0.29) is 0 Å². The third-order valence-electron chi connectivity index (χ3n) is 6.62. The van der Waals surface area contributed by atoms with Gasteiger partial charge in [0.15, 0.2) is 0 Å². The maximum Gasteiger partial charge on any atom is 0.0483 e. The Bertz CT molecular complexity index is 716. The Balaban J connectivity index is 1.41. The molecule has 3 aliphatic heterocycles. The molecular weight excluding hydrogens is 296 g/mol. The van der Waals surface area contributed by atoms with Gasteiger partial charge in [-0.2, -0.15) is 0 Å². The fourth-order valence-corrected chi connectivity index (χ4v) is 5.24. The molecule has 3 aliphatic rings. The quantitative estimate of drug-likeness (QED) is 0.818. The molecule has 2 atom stereocenters. The molecular formula is C21H28N2O. The van der Waals surface area contributed by atoms with Gasteiger partial charge in [-0.15, -0.1) is 0 Å². The second-order valence-electron chi connectivity index (χ2n) is 7.94. The molecule has 0 saturated carbocycles. The summed E-state index contributed by atoms with van der Waals surface area (Å²) < 4.78 is 8.09. The van der Waals surface area contributed by atoms with Gasteiger partial charge in [-0.3, -0.25) is 0 Å². The lowest BCUT2D eigenvalue weighted by Gasteiger charge is -2.35. The topological polar surface area (TPSA) is 17.4 Å². The first-order chi connectivity index (χ1) is 11.9. The van der Waals surface area contributed by atoms with Gasteiger partial charge in [0.1, 0.15) is 0 Å². The number of piperidine rings is 1. The smallest absolute Gasteiger partial charge is 0.0483 e. The summed E-state index contributed by atoms with van der Waals surface area (Å²) in [5, 5.41) is 1.42. The predicted molar refractivity (Wildman–Crippen MR) is 97.6 cm³/mol. The monoisotopic (exact) mass is 324 g/mol. The number of nitrogens with zero attached hydrogens (tertiary/aromatic N) is 2. The lowest BCUT2D eigenvalue weighted by atomic mass is 9.91. The molecule has 0 amide bonds. The standard InChI is InChI=1S/C21H28N2O/c1-2-19-15-20(6-10-22(19)9-1)23-11-5-18-14-17(3-4-21(18)23)16-7-12-24-13-8-16/h3-5,11,14,16,19-20H,1-2,6-10,12-13,15H2/t19-,20+/m0/s1. The minimum atomic E-state index is 0.688. The third-order valence-corrected chi connectivity index (χ3v) is 6.62. The molecule has 3 fully saturated rings. The second-order valence-corrected chi connectivity index (χ2v) is 7.94. The molecule has 3 heteroatoms. The molecule has 0 N–H and O–H groups in total. The summed E-state index contributed by atoms with van der Waals surface area (Å²) in [5.74, 6) is 0.688. The summed E-state index contributed by atoms with van der Waals surface area (Å²) in [4.78, 5) is 2.71. The third kappa shape index (κ3) is 2.58. The number of hydrogen-bond acceptors (Lipinski definition) is 2. The molecule has 2 aromatic rings. The fourth-order valence-electron chi connectivity index (χ4n) is 5.24. The van der Waals surface area contributed by atoms with Crippen molar-refractivity contribution in [3.63, 3.8) is 0 Å². The molecule has 0 unspecified atom stereocenters. The molecule has 128 valence electrons. The van der Waals surface area contributed by atoms with Crippen LogP contribution in [0.25, 0.3) is 10.9 Å². The molecule has 5 rings (SSSR count). The van der Waals surface area contributed by atoms with Crippen LogP contribution in [0.4, 0.5) is 0 Å². The maximum absolute atomic E-state index is 5.52. The van der Waals surface area contributed by atoms with Crippen molar-refractivity contribution in [1.82, 2.24) is 9.47 Å². The number of benzene rings is 1. The van der Waals surface area contributed by atoms with E-state index in [1.54, 1.807) is 0 Å². The van der Waals surface area contributed by atoms with Gasteiger partial charge in [0.05, 0.1) is 0 Å². The molecule has 0 aliphatic carbocycles. The molecule has 24 heavy (non-hydrogen) atoms. The molecule has 1 aromatic heterocycles. The Hall–Kier alpha value is -1.32. The SMILES string of the molecule is c1cc2c(ccn2[C@@H]2CCN3CCC[C@H]3C2)cc1C1CCOCC1. The zero-order chi connectivity index (χ0) is 15.9. The molecule has 0 radical (unpaired) electrons. The molecule has 4 heterocycles. The normalized spacial score (nSPS) is 29.2. The first-order valence-corrected chi connectivity index (χ1v) is 9.81. The van der Waals surface area contributed by atoms with E-state index in [1.807, 2.05) is 0 Å². The van der Waals surface area contributed by atoms with Crippen LogP contribution in [0.1, 0.15) is 56.0 Å². The van der Waals surface area contributed by atoms with Crippen molar-refractivity contribution in [1.29, 1.82) is 0 Å². The average Bonchev–Trinajstić information content (AvgIpc) is 3.27. The van der Waals surface area contributed by atoms with E-state index in [9.17, 15) is 0 Å². The molecule has 1 aromatic carbocycles. The first kappa shape index (κ1) is 15.0. The van der Waals surface area contributed by atoms with Crippen LogP contribution in [0.2, 0.25) is 0 Å². The first-order valence-electron chi connectivity index (χ1n) is 9.81. The summed E-state index contributed by atoms with van der Waals surface area (Å²) >= 11 is 0. The zero-order valence-corrected chi connectivity index (χ0v) is 14.5. The van der Waals surface area contributed by atoms with Crippen molar-refractivity contribution >= 4 is 10.9 Å². The highest BCUT2D eigenvalue weighted by atomic mass is 16.5. The summed E-state index contributed by atoms with van der Waals surface area (Å²) in [5.41, 5.74) is 2.94. The van der Waals surface area contributed by atoms with Crippen LogP contribution >= 0.6 is 0 Å². The Labute approximate surface area is 144 Å². The van der Waals surface area contributed by atoms with Crippen LogP contribution in [0, 0.1) is 0 Å². The summed E-state index contributed by atoms with van der Waals surface area (Å²) in [6, 6.07) is 11.0. The minimum Gasteiger partial charge on any atom is -0.381 e. The zero-order valence-electron chi connectivity index (χ0n) is 14.5. The van der Waals surface area contributed by atoms with Gasteiger partial charge in [0, 0.05) is 43.6 Å². The summed E-state index contributed by atoms with van der Waals surface area (Å²) in [6.45, 7) is 4.46. The van der Waals surface area contributed by atoms with Crippen LogP contribution in [-0.2, 0) is 4.74 Å². The van der Waals surface area contributed by atoms with E-state index in [2.05, 4.69) is 39.9 Å². The van der Waals surface area contributed by atoms with Gasteiger partial charge >= 0.3 is 0 Å². The molecule has 3 saturated heterocycles. The van der Waals surface area contributed by atoms with E-state index in [0.717, 1.165) is 19.3 Å². The highest BCUT2D eigenvalue weighted by Crippen LogP contribution is 2.36. The van der Waals surface area contributed by atoms with Crippen LogP contribution in [0.3, 0.4) is 0 Å². The van der Waals surface area contributed by atoms with Crippen molar-refractivity contribution in [3.05, 3.63) is 36.0 Å². The van der Waals surface area contributed by atoms with Crippen LogP contribution < -0.4 is 0 Å². The average molecular weight is 324 g/mol. The van der Waals surface area contributed by atoms with E-state index >= 15 is 0 Å². The largest absolute Gasteiger partial charge is 0.381 e. The lowest BCUT2D eigenvalue weighted by Crippen LogP contribution is -2.38. The second kappa shape index (κ2) is 6.20. The summed E-state index contributed by atoms with van der Waals surface area (Å²) in [7, 11) is 0. The lowest BCUT2D eigenvalue weighted by molar-refractivity contribution is 0.0853. The molecule has 0 bridgehead atoms. The number of hydrogen-bond donors (Lipinski definition) is 0. The molecule has 3 nitrogen and oxygen atoms in total. The molecule has 0 spiro atoms. The Morgan fingerprint density at radius 3 is 2.75 bits per heavy atom. The van der Waals surface area contributed by atoms with Crippen molar-refractivity contribution in [2.45, 2.75) is 56.5 Å². The van der Waals surface area contributed by atoms with Gasteiger partial charge in [-0.05, 0) is 80.1 Å². The van der Waals surface area contributed by atoms with Gasteiger partial charge in [-0.25, -0.2) is 0 Å². The van der Waals surface area contributed by atoms with Crippen molar-refractivity contribution in [2.75, 3.05) is 26.3 Å². The number of fused-ring (bicyclic) bond motifs is 2. The minimum absolute atomic E-state index is 0.688. The number of aromatic nitrogens is 1. The van der Waals surface area contributed by atoms with Crippen LogP contribution in [0.5, 0.6) is 0 Å². The predicted octanol–water partition coefficient (Wildman–Crippen LogP) is 4.33.